The summed E-state index contributed by atoms with van der Waals surface area (Å²) >= 11 is 0. The van der Waals surface area contributed by atoms with E-state index in [0.29, 0.717) is 24.4 Å². The number of hydrogen-bond donors (Lipinski definition) is 0. The molecule has 0 saturated heterocycles. The molecule has 0 aliphatic heterocycles. The van der Waals surface area contributed by atoms with Crippen LogP contribution in [-0.4, -0.2) is 15.5 Å². The average molecular weight is 373 g/mol. The van der Waals surface area contributed by atoms with Crippen LogP contribution in [0.3, 0.4) is 0 Å². The molecule has 3 rings (SSSR count). The molecule has 0 N–H and O–H groups in total. The smallest absolute Gasteiger partial charge is 0.248 e. The Balaban J connectivity index is 0.000000406. The Morgan fingerprint density at radius 2 is 1.62 bits per heavy atom. The summed E-state index contributed by atoms with van der Waals surface area (Å²) < 4.78 is 39.0. The first-order valence-corrected chi connectivity index (χ1v) is 9.81. The van der Waals surface area contributed by atoms with E-state index in [9.17, 15) is 13.2 Å². The Kier molecular flexibility index (Phi) is 12.0. The Labute approximate surface area is 156 Å². The molecule has 0 spiro atoms. The van der Waals surface area contributed by atoms with Crippen molar-refractivity contribution in [1.29, 1.82) is 0 Å². The monoisotopic (exact) mass is 372 g/mol. The van der Waals surface area contributed by atoms with Crippen molar-refractivity contribution in [3.05, 3.63) is 30.3 Å². The lowest BCUT2D eigenvalue weighted by Gasteiger charge is -2.06. The summed E-state index contributed by atoms with van der Waals surface area (Å²) in [6.45, 7) is 12.5. The summed E-state index contributed by atoms with van der Waals surface area (Å²) in [6, 6.07) is 5.33. The maximum absolute atomic E-state index is 13.2. The van der Waals surface area contributed by atoms with Crippen molar-refractivity contribution < 1.29 is 13.2 Å². The first-order chi connectivity index (χ1) is 12.3. The molecule has 150 valence electrons. The maximum Gasteiger partial charge on any atom is 0.248 e. The van der Waals surface area contributed by atoms with E-state index in [-0.39, 0.29) is 18.7 Å². The molecule has 1 fully saturated rings. The van der Waals surface area contributed by atoms with Gasteiger partial charge >= 0.3 is 0 Å². The second kappa shape index (κ2) is 12.8. The molecule has 1 aliphatic carbocycles. The third kappa shape index (κ3) is 8.24. The van der Waals surface area contributed by atoms with E-state index < -0.39 is 5.92 Å². The number of rotatable bonds is 2. The molecule has 0 unspecified atom stereocenters. The molecule has 26 heavy (non-hydrogen) atoms. The van der Waals surface area contributed by atoms with Crippen molar-refractivity contribution in [2.75, 3.05) is 0 Å². The Morgan fingerprint density at radius 1 is 1.08 bits per heavy atom. The number of alkyl halides is 2. The Hall–Kier alpha value is -1.52. The number of aromatic nitrogens is 2. The average Bonchev–Trinajstić information content (AvgIpc) is 3.24. The molecule has 2 aromatic rings. The zero-order valence-electron chi connectivity index (χ0n) is 17.2. The SMILES string of the molecule is CC.CC(C)n1cnc2c(F)cccc21.CCCC.FC1(F)CCCC1. The Morgan fingerprint density at radius 3 is 2.00 bits per heavy atom. The van der Waals surface area contributed by atoms with Gasteiger partial charge in [-0.05, 0) is 38.8 Å². The van der Waals surface area contributed by atoms with Crippen molar-refractivity contribution in [1.82, 2.24) is 9.55 Å². The van der Waals surface area contributed by atoms with Crippen LogP contribution in [0.5, 0.6) is 0 Å². The molecule has 0 radical (unpaired) electrons. The number of nitrogens with zero attached hydrogens (tertiary/aromatic N) is 2. The minimum absolute atomic E-state index is 0.118. The predicted molar refractivity (Wildman–Crippen MR) is 105 cm³/mol. The molecule has 5 heteroatoms. The van der Waals surface area contributed by atoms with Crippen molar-refractivity contribution >= 4 is 11.0 Å². The molecule has 1 saturated carbocycles. The molecule has 2 nitrogen and oxygen atoms in total. The van der Waals surface area contributed by atoms with E-state index in [1.807, 2.05) is 38.3 Å². The van der Waals surface area contributed by atoms with Gasteiger partial charge in [0.2, 0.25) is 5.92 Å². The molecule has 0 atom stereocenters. The van der Waals surface area contributed by atoms with E-state index in [0.717, 1.165) is 5.52 Å². The van der Waals surface area contributed by atoms with Crippen LogP contribution in [0.25, 0.3) is 11.0 Å². The third-order valence-corrected chi connectivity index (χ3v) is 3.95. The van der Waals surface area contributed by atoms with Gasteiger partial charge in [0.05, 0.1) is 11.8 Å². The quantitative estimate of drug-likeness (QED) is 0.526. The highest BCUT2D eigenvalue weighted by Gasteiger charge is 2.32. The van der Waals surface area contributed by atoms with E-state index in [2.05, 4.69) is 18.8 Å². The highest BCUT2D eigenvalue weighted by Crippen LogP contribution is 2.33. The summed E-state index contributed by atoms with van der Waals surface area (Å²) in [5.41, 5.74) is 1.31. The maximum atomic E-state index is 13.2. The van der Waals surface area contributed by atoms with Crippen LogP contribution < -0.4 is 0 Å². The number of halogens is 3. The highest BCUT2D eigenvalue weighted by molar-refractivity contribution is 5.75. The number of para-hydroxylation sites is 1. The fourth-order valence-corrected chi connectivity index (χ4v) is 2.33. The fourth-order valence-electron chi connectivity index (χ4n) is 2.33. The second-order valence-electron chi connectivity index (χ2n) is 6.42. The molecule has 1 heterocycles. The molecular formula is C21H35F3N2. The molecule has 1 aromatic heterocycles. The summed E-state index contributed by atoms with van der Waals surface area (Å²) in [7, 11) is 0. The van der Waals surface area contributed by atoms with Gasteiger partial charge in [-0.15, -0.1) is 0 Å². The van der Waals surface area contributed by atoms with Crippen LogP contribution in [0.1, 0.15) is 86.1 Å². The van der Waals surface area contributed by atoms with Gasteiger partial charge in [-0.1, -0.05) is 46.6 Å². The lowest BCUT2D eigenvalue weighted by molar-refractivity contribution is 0.00931. The van der Waals surface area contributed by atoms with E-state index in [1.165, 1.54) is 18.9 Å². The lowest BCUT2D eigenvalue weighted by Crippen LogP contribution is -2.06. The van der Waals surface area contributed by atoms with Crippen LogP contribution in [0, 0.1) is 5.82 Å². The molecule has 0 amide bonds. The standard InChI is InChI=1S/C10H11FN2.C5H8F2.C4H10.C2H6/c1-7(2)13-6-12-10-8(11)4-3-5-9(10)13;6-5(7)3-1-2-4-5;1-3-4-2;1-2/h3-7H,1-2H3;1-4H2;3-4H2,1-2H3;1-2H3. The van der Waals surface area contributed by atoms with Gasteiger partial charge in [-0.25, -0.2) is 18.2 Å². The van der Waals surface area contributed by atoms with Gasteiger partial charge in [-0.3, -0.25) is 0 Å². The Bertz CT molecular complexity index is 596. The van der Waals surface area contributed by atoms with Gasteiger partial charge in [0.1, 0.15) is 5.52 Å². The van der Waals surface area contributed by atoms with Crippen molar-refractivity contribution in [2.24, 2.45) is 0 Å². The van der Waals surface area contributed by atoms with Gasteiger partial charge in [0.25, 0.3) is 0 Å². The van der Waals surface area contributed by atoms with Crippen molar-refractivity contribution in [2.45, 2.75) is 92.0 Å². The molecule has 1 aromatic carbocycles. The number of hydrogen-bond acceptors (Lipinski definition) is 1. The van der Waals surface area contributed by atoms with Crippen LogP contribution in [0.4, 0.5) is 13.2 Å². The third-order valence-electron chi connectivity index (χ3n) is 3.95. The lowest BCUT2D eigenvalue weighted by atomic mass is 10.3. The molecular weight excluding hydrogens is 337 g/mol. The minimum atomic E-state index is -2.31. The van der Waals surface area contributed by atoms with Crippen LogP contribution in [0.2, 0.25) is 0 Å². The number of imidazole rings is 1. The summed E-state index contributed by atoms with van der Waals surface area (Å²) in [5.74, 6) is -2.56. The van der Waals surface area contributed by atoms with Gasteiger partial charge < -0.3 is 4.57 Å². The molecule has 1 aliphatic rings. The topological polar surface area (TPSA) is 17.8 Å². The van der Waals surface area contributed by atoms with E-state index >= 15 is 0 Å². The first kappa shape index (κ1) is 24.5. The predicted octanol–water partition coefficient (Wildman–Crippen LogP) is 7.78. The van der Waals surface area contributed by atoms with Crippen molar-refractivity contribution in [3.63, 3.8) is 0 Å². The second-order valence-corrected chi connectivity index (χ2v) is 6.42. The number of unbranched alkanes of at least 4 members (excludes halogenated alkanes) is 1. The summed E-state index contributed by atoms with van der Waals surface area (Å²) in [5, 5.41) is 0. The van der Waals surface area contributed by atoms with Crippen LogP contribution in [-0.2, 0) is 0 Å². The van der Waals surface area contributed by atoms with Crippen LogP contribution in [0.15, 0.2) is 24.5 Å². The number of benzene rings is 1. The van der Waals surface area contributed by atoms with E-state index in [4.69, 9.17) is 0 Å². The zero-order valence-corrected chi connectivity index (χ0v) is 17.2. The fraction of sp³-hybridized carbons (Fsp3) is 0.667. The normalized spacial score (nSPS) is 14.7. The van der Waals surface area contributed by atoms with Crippen molar-refractivity contribution in [3.8, 4) is 0 Å². The van der Waals surface area contributed by atoms with E-state index in [1.54, 1.807) is 12.4 Å². The number of fused-ring (bicyclic) bond motifs is 1. The first-order valence-electron chi connectivity index (χ1n) is 9.81. The minimum Gasteiger partial charge on any atom is -0.328 e. The van der Waals surface area contributed by atoms with Gasteiger partial charge in [0.15, 0.2) is 5.82 Å². The largest absolute Gasteiger partial charge is 0.328 e. The summed E-state index contributed by atoms with van der Waals surface area (Å²) in [6.07, 6.45) is 5.98. The summed E-state index contributed by atoms with van der Waals surface area (Å²) in [4.78, 5) is 4.03. The zero-order chi connectivity index (χ0) is 20.2. The van der Waals surface area contributed by atoms with Gasteiger partial charge in [0, 0.05) is 18.9 Å². The van der Waals surface area contributed by atoms with Crippen LogP contribution >= 0.6 is 0 Å². The molecule has 0 bridgehead atoms. The van der Waals surface area contributed by atoms with Gasteiger partial charge in [-0.2, -0.15) is 0 Å². The highest BCUT2D eigenvalue weighted by atomic mass is 19.3.